The molecule has 2 N–H and O–H groups in total. The summed E-state index contributed by atoms with van der Waals surface area (Å²) in [4.78, 5) is 38.8. The third-order valence-corrected chi connectivity index (χ3v) is 6.41. The maximum Gasteiger partial charge on any atom is 0.253 e. The zero-order valence-electron chi connectivity index (χ0n) is 15.4. The van der Waals surface area contributed by atoms with Crippen LogP contribution in [0.5, 0.6) is 0 Å². The van der Waals surface area contributed by atoms with E-state index in [4.69, 9.17) is 0 Å². The number of carbonyl (C=O) groups excluding carboxylic acids is 1. The summed E-state index contributed by atoms with van der Waals surface area (Å²) in [6.07, 6.45) is 8.02. The largest absolute Gasteiger partial charge is 0.342 e. The summed E-state index contributed by atoms with van der Waals surface area (Å²) in [5, 5.41) is 4.17. The van der Waals surface area contributed by atoms with Crippen molar-refractivity contribution in [3.05, 3.63) is 68.5 Å². The molecule has 0 saturated carbocycles. The lowest BCUT2D eigenvalue weighted by molar-refractivity contribution is 0.00820. The van der Waals surface area contributed by atoms with Crippen molar-refractivity contribution < 1.29 is 4.79 Å². The van der Waals surface area contributed by atoms with Gasteiger partial charge in [-0.3, -0.25) is 14.5 Å². The van der Waals surface area contributed by atoms with Gasteiger partial charge < -0.3 is 14.9 Å². The molecule has 8 nitrogen and oxygen atoms in total. The first-order valence-corrected chi connectivity index (χ1v) is 10.0. The number of carbonyl (C=O) groups is 1. The lowest BCUT2D eigenvalue weighted by atomic mass is 9.86. The monoisotopic (exact) mass is 396 g/mol. The first-order valence-electron chi connectivity index (χ1n) is 9.19. The molecule has 1 amide bonds. The van der Waals surface area contributed by atoms with Gasteiger partial charge in [-0.25, -0.2) is 9.97 Å². The van der Waals surface area contributed by atoms with Gasteiger partial charge in [0.2, 0.25) is 5.56 Å². The highest BCUT2D eigenvalue weighted by Crippen LogP contribution is 2.45. The average Bonchev–Trinajstić information content (AvgIpc) is 3.33. The number of amides is 1. The minimum atomic E-state index is -0.224. The number of fused-ring (bicyclic) bond motifs is 2. The van der Waals surface area contributed by atoms with E-state index in [-0.39, 0.29) is 23.0 Å². The Bertz CT molecular complexity index is 1070. The number of nitrogens with one attached hydrogen (secondary N) is 2. The first-order chi connectivity index (χ1) is 13.5. The molecule has 1 saturated heterocycles. The molecule has 1 atom stereocenters. The van der Waals surface area contributed by atoms with Crippen molar-refractivity contribution in [1.82, 2.24) is 29.7 Å². The number of hydrogen-bond donors (Lipinski definition) is 2. The van der Waals surface area contributed by atoms with Crippen molar-refractivity contribution >= 4 is 17.2 Å². The molecular formula is C19H20N6O2S. The summed E-state index contributed by atoms with van der Waals surface area (Å²) in [6, 6.07) is 2.76. The molecule has 0 aromatic carbocycles. The smallest absolute Gasteiger partial charge is 0.253 e. The van der Waals surface area contributed by atoms with Crippen LogP contribution in [0.1, 0.15) is 38.5 Å². The van der Waals surface area contributed by atoms with Crippen LogP contribution in [-0.2, 0) is 12.1 Å². The molecule has 1 unspecified atom stereocenters. The van der Waals surface area contributed by atoms with Crippen LogP contribution in [0.15, 0.2) is 41.7 Å². The number of aryl methyl sites for hydroxylation is 1. The highest BCUT2D eigenvalue weighted by Gasteiger charge is 2.52. The number of aromatic nitrogens is 4. The van der Waals surface area contributed by atoms with Gasteiger partial charge in [0, 0.05) is 61.8 Å². The quantitative estimate of drug-likeness (QED) is 0.695. The number of hydrogen-bond acceptors (Lipinski definition) is 6. The molecule has 5 heterocycles. The van der Waals surface area contributed by atoms with E-state index in [2.05, 4.69) is 29.7 Å². The topological polar surface area (TPSA) is 95.9 Å². The Morgan fingerprint density at radius 2 is 2.25 bits per heavy atom. The highest BCUT2D eigenvalue weighted by molar-refractivity contribution is 7.11. The Morgan fingerprint density at radius 3 is 2.96 bits per heavy atom. The van der Waals surface area contributed by atoms with Crippen LogP contribution in [0.25, 0.3) is 0 Å². The van der Waals surface area contributed by atoms with Gasteiger partial charge >= 0.3 is 0 Å². The number of H-pyrrole nitrogens is 1. The molecule has 3 aromatic heterocycles. The molecule has 144 valence electrons. The van der Waals surface area contributed by atoms with Gasteiger partial charge in [-0.15, -0.1) is 11.3 Å². The zero-order chi connectivity index (χ0) is 19.3. The highest BCUT2D eigenvalue weighted by atomic mass is 32.1. The number of rotatable bonds is 4. The van der Waals surface area contributed by atoms with E-state index in [1.165, 1.54) is 23.2 Å². The van der Waals surface area contributed by atoms with Gasteiger partial charge in [-0.05, 0) is 13.0 Å². The number of imidazole rings is 1. The Morgan fingerprint density at radius 1 is 1.39 bits per heavy atom. The van der Waals surface area contributed by atoms with Crippen LogP contribution in [-0.4, -0.2) is 43.4 Å². The normalized spacial score (nSPS) is 20.1. The van der Waals surface area contributed by atoms with Crippen LogP contribution in [0.2, 0.25) is 0 Å². The van der Waals surface area contributed by atoms with E-state index < -0.39 is 0 Å². The van der Waals surface area contributed by atoms with Crippen LogP contribution < -0.4 is 10.9 Å². The van der Waals surface area contributed by atoms with Crippen molar-refractivity contribution in [1.29, 1.82) is 0 Å². The Balaban J connectivity index is 1.29. The van der Waals surface area contributed by atoms with E-state index in [1.807, 2.05) is 19.3 Å². The molecule has 2 aliphatic rings. The van der Waals surface area contributed by atoms with Crippen molar-refractivity contribution in [2.45, 2.75) is 31.5 Å². The van der Waals surface area contributed by atoms with E-state index in [9.17, 15) is 9.59 Å². The SMILES string of the molecule is Cc1ncc(CN2CC3(CC(NC(=O)c4ccc(=O)[nH]c4)c4nccn43)C2)s1. The van der Waals surface area contributed by atoms with Gasteiger partial charge in [-0.2, -0.15) is 0 Å². The molecular weight excluding hydrogens is 376 g/mol. The minimum absolute atomic E-state index is 0.0193. The lowest BCUT2D eigenvalue weighted by Crippen LogP contribution is -2.60. The molecule has 0 radical (unpaired) electrons. The zero-order valence-corrected chi connectivity index (χ0v) is 16.2. The summed E-state index contributed by atoms with van der Waals surface area (Å²) in [6.45, 7) is 4.79. The van der Waals surface area contributed by atoms with E-state index in [1.54, 1.807) is 17.5 Å². The van der Waals surface area contributed by atoms with Crippen molar-refractivity contribution in [2.75, 3.05) is 13.1 Å². The summed E-state index contributed by atoms with van der Waals surface area (Å²) in [5.74, 6) is 0.690. The van der Waals surface area contributed by atoms with Crippen LogP contribution in [0.4, 0.5) is 0 Å². The second-order valence-corrected chi connectivity index (χ2v) is 8.86. The summed E-state index contributed by atoms with van der Waals surface area (Å²) in [7, 11) is 0. The van der Waals surface area contributed by atoms with Crippen molar-refractivity contribution in [2.24, 2.45) is 0 Å². The molecule has 5 rings (SSSR count). The first kappa shape index (κ1) is 17.3. The Hall–Kier alpha value is -2.78. The number of likely N-dealkylation sites (tertiary alicyclic amines) is 1. The van der Waals surface area contributed by atoms with Gasteiger partial charge in [-0.1, -0.05) is 0 Å². The molecule has 9 heteroatoms. The number of thiazole rings is 1. The Labute approximate surface area is 165 Å². The third-order valence-electron chi connectivity index (χ3n) is 5.51. The number of nitrogens with zero attached hydrogens (tertiary/aromatic N) is 4. The van der Waals surface area contributed by atoms with Crippen molar-refractivity contribution in [3.63, 3.8) is 0 Å². The minimum Gasteiger partial charge on any atom is -0.342 e. The molecule has 1 fully saturated rings. The van der Waals surface area contributed by atoms with Crippen LogP contribution >= 0.6 is 11.3 Å². The molecule has 1 spiro atoms. The van der Waals surface area contributed by atoms with Crippen molar-refractivity contribution in [3.8, 4) is 0 Å². The fourth-order valence-corrected chi connectivity index (χ4v) is 5.17. The van der Waals surface area contributed by atoms with Gasteiger partial charge in [0.1, 0.15) is 5.82 Å². The number of aromatic amines is 1. The molecule has 0 aliphatic carbocycles. The third kappa shape index (κ3) is 2.87. The summed E-state index contributed by atoms with van der Waals surface area (Å²) in [5.41, 5.74) is 0.196. The summed E-state index contributed by atoms with van der Waals surface area (Å²) < 4.78 is 2.22. The maximum atomic E-state index is 12.6. The van der Waals surface area contributed by atoms with Crippen LogP contribution in [0.3, 0.4) is 0 Å². The fraction of sp³-hybridized carbons (Fsp3) is 0.368. The summed E-state index contributed by atoms with van der Waals surface area (Å²) >= 11 is 1.74. The van der Waals surface area contributed by atoms with Gasteiger partial charge in [0.15, 0.2) is 0 Å². The standard InChI is InChI=1S/C19H20N6O2S/c1-12-21-8-14(28-12)9-24-10-19(11-24)6-15(17-20-4-5-25(17)19)23-18(27)13-2-3-16(26)22-7-13/h2-5,7-8,15H,6,9-11H2,1H3,(H,22,26)(H,23,27). The molecule has 2 aliphatic heterocycles. The second-order valence-electron chi connectivity index (χ2n) is 7.54. The van der Waals surface area contributed by atoms with E-state index >= 15 is 0 Å². The predicted molar refractivity (Wildman–Crippen MR) is 104 cm³/mol. The average molecular weight is 396 g/mol. The molecule has 28 heavy (non-hydrogen) atoms. The van der Waals surface area contributed by atoms with Gasteiger partial charge in [0.25, 0.3) is 5.91 Å². The molecule has 3 aromatic rings. The predicted octanol–water partition coefficient (Wildman–Crippen LogP) is 1.42. The van der Waals surface area contributed by atoms with E-state index in [0.29, 0.717) is 5.56 Å². The fourth-order valence-electron chi connectivity index (χ4n) is 4.33. The van der Waals surface area contributed by atoms with E-state index in [0.717, 1.165) is 36.9 Å². The maximum absolute atomic E-state index is 12.6. The number of pyridine rings is 1. The second kappa shape index (κ2) is 6.39. The van der Waals surface area contributed by atoms with Gasteiger partial charge in [0.05, 0.1) is 22.2 Å². The Kier molecular flexibility index (Phi) is 3.95. The van der Waals surface area contributed by atoms with Crippen LogP contribution in [0, 0.1) is 6.92 Å². The lowest BCUT2D eigenvalue weighted by Gasteiger charge is -2.49. The molecule has 0 bridgehead atoms.